The van der Waals surface area contributed by atoms with E-state index in [2.05, 4.69) is 18.8 Å². The zero-order valence-electron chi connectivity index (χ0n) is 10.8. The number of rotatable bonds is 3. The average molecular weight is 250 g/mol. The largest absolute Gasteiger partial charge is 0.483 e. The molecule has 1 aliphatic rings. The minimum atomic E-state index is -0.449. The zero-order chi connectivity index (χ0) is 13.2. The van der Waals surface area contributed by atoms with Crippen molar-refractivity contribution in [2.45, 2.75) is 45.6 Å². The quantitative estimate of drug-likeness (QED) is 0.609. The van der Waals surface area contributed by atoms with Gasteiger partial charge in [-0.05, 0) is 31.1 Å². The summed E-state index contributed by atoms with van der Waals surface area (Å²) in [5, 5.41) is 10.9. The van der Waals surface area contributed by atoms with Gasteiger partial charge in [0.1, 0.15) is 6.20 Å². The Kier molecular flexibility index (Phi) is 3.50. The van der Waals surface area contributed by atoms with Gasteiger partial charge in [-0.25, -0.2) is 0 Å². The molecule has 5 heteroatoms. The lowest BCUT2D eigenvalue weighted by Crippen LogP contribution is -2.28. The SMILES string of the molecule is CC1(C)CCC(Oc2ccncc2[N+](=O)[O-])CC1. The van der Waals surface area contributed by atoms with Gasteiger partial charge in [0, 0.05) is 12.3 Å². The van der Waals surface area contributed by atoms with Crippen molar-refractivity contribution in [1.29, 1.82) is 0 Å². The van der Waals surface area contributed by atoms with E-state index < -0.39 is 4.92 Å². The van der Waals surface area contributed by atoms with Gasteiger partial charge >= 0.3 is 5.69 Å². The van der Waals surface area contributed by atoms with Crippen LogP contribution in [0.5, 0.6) is 5.75 Å². The van der Waals surface area contributed by atoms with Crippen LogP contribution in [0.1, 0.15) is 39.5 Å². The van der Waals surface area contributed by atoms with Gasteiger partial charge in [0.25, 0.3) is 0 Å². The summed E-state index contributed by atoms with van der Waals surface area (Å²) in [4.78, 5) is 14.2. The van der Waals surface area contributed by atoms with Crippen molar-refractivity contribution < 1.29 is 9.66 Å². The maximum atomic E-state index is 10.9. The summed E-state index contributed by atoms with van der Waals surface area (Å²) in [7, 11) is 0. The molecule has 1 aliphatic carbocycles. The van der Waals surface area contributed by atoms with E-state index in [-0.39, 0.29) is 11.8 Å². The number of hydrogen-bond donors (Lipinski definition) is 0. The van der Waals surface area contributed by atoms with E-state index >= 15 is 0 Å². The van der Waals surface area contributed by atoms with Crippen LogP contribution in [0.2, 0.25) is 0 Å². The molecule has 5 nitrogen and oxygen atoms in total. The van der Waals surface area contributed by atoms with Crippen LogP contribution in [-0.2, 0) is 0 Å². The van der Waals surface area contributed by atoms with Crippen molar-refractivity contribution in [3.05, 3.63) is 28.6 Å². The van der Waals surface area contributed by atoms with E-state index in [1.165, 1.54) is 12.4 Å². The van der Waals surface area contributed by atoms with Crippen molar-refractivity contribution in [3.63, 3.8) is 0 Å². The van der Waals surface area contributed by atoms with Crippen molar-refractivity contribution in [2.24, 2.45) is 5.41 Å². The van der Waals surface area contributed by atoms with Crippen molar-refractivity contribution in [3.8, 4) is 5.75 Å². The van der Waals surface area contributed by atoms with Crippen LogP contribution in [0.4, 0.5) is 5.69 Å². The van der Waals surface area contributed by atoms with Gasteiger partial charge in [-0.2, -0.15) is 0 Å². The zero-order valence-corrected chi connectivity index (χ0v) is 10.8. The molecule has 1 saturated carbocycles. The molecule has 0 saturated heterocycles. The van der Waals surface area contributed by atoms with Crippen LogP contribution >= 0.6 is 0 Å². The monoisotopic (exact) mass is 250 g/mol. The Morgan fingerprint density at radius 2 is 2.11 bits per heavy atom. The van der Waals surface area contributed by atoms with E-state index in [1.54, 1.807) is 6.07 Å². The lowest BCUT2D eigenvalue weighted by molar-refractivity contribution is -0.386. The summed E-state index contributed by atoms with van der Waals surface area (Å²) >= 11 is 0. The second-order valence-electron chi connectivity index (χ2n) is 5.58. The second-order valence-corrected chi connectivity index (χ2v) is 5.58. The molecule has 0 atom stereocenters. The molecule has 2 rings (SSSR count). The van der Waals surface area contributed by atoms with Gasteiger partial charge in [0.2, 0.25) is 5.75 Å². The first-order valence-corrected chi connectivity index (χ1v) is 6.23. The fourth-order valence-corrected chi connectivity index (χ4v) is 2.28. The van der Waals surface area contributed by atoms with Crippen LogP contribution in [0.15, 0.2) is 18.5 Å². The first-order chi connectivity index (χ1) is 8.48. The maximum Gasteiger partial charge on any atom is 0.329 e. The smallest absolute Gasteiger partial charge is 0.329 e. The standard InChI is InChI=1S/C13H18N2O3/c1-13(2)6-3-10(4-7-13)18-12-5-8-14-9-11(12)15(16)17/h5,8-10H,3-4,6-7H2,1-2H3. The molecule has 0 unspecified atom stereocenters. The molecule has 0 N–H and O–H groups in total. The Morgan fingerprint density at radius 3 is 2.72 bits per heavy atom. The lowest BCUT2D eigenvalue weighted by atomic mass is 9.76. The fraction of sp³-hybridized carbons (Fsp3) is 0.615. The van der Waals surface area contributed by atoms with Crippen molar-refractivity contribution in [1.82, 2.24) is 4.98 Å². The second kappa shape index (κ2) is 4.92. The molecule has 0 bridgehead atoms. The summed E-state index contributed by atoms with van der Waals surface area (Å²) < 4.78 is 5.76. The molecule has 98 valence electrons. The Morgan fingerprint density at radius 1 is 1.44 bits per heavy atom. The summed E-state index contributed by atoms with van der Waals surface area (Å²) in [5.74, 6) is 0.333. The Hall–Kier alpha value is -1.65. The molecular formula is C13H18N2O3. The van der Waals surface area contributed by atoms with Gasteiger partial charge in [0.15, 0.2) is 0 Å². The molecule has 1 heterocycles. The highest BCUT2D eigenvalue weighted by Crippen LogP contribution is 2.37. The van der Waals surface area contributed by atoms with E-state index in [9.17, 15) is 10.1 Å². The minimum absolute atomic E-state index is 0.0534. The summed E-state index contributed by atoms with van der Waals surface area (Å²) in [6, 6.07) is 1.57. The van der Waals surface area contributed by atoms with Gasteiger partial charge in [-0.15, -0.1) is 0 Å². The number of aromatic nitrogens is 1. The first kappa shape index (κ1) is 12.8. The van der Waals surface area contributed by atoms with Crippen LogP contribution in [0, 0.1) is 15.5 Å². The van der Waals surface area contributed by atoms with Crippen LogP contribution in [-0.4, -0.2) is 16.0 Å². The van der Waals surface area contributed by atoms with Gasteiger partial charge in [-0.3, -0.25) is 15.1 Å². The predicted molar refractivity (Wildman–Crippen MR) is 67.6 cm³/mol. The average Bonchev–Trinajstić information content (AvgIpc) is 2.32. The third-order valence-corrected chi connectivity index (χ3v) is 3.54. The van der Waals surface area contributed by atoms with E-state index in [0.717, 1.165) is 25.7 Å². The maximum absolute atomic E-state index is 10.9. The minimum Gasteiger partial charge on any atom is -0.483 e. The molecule has 18 heavy (non-hydrogen) atoms. The molecule has 1 fully saturated rings. The predicted octanol–water partition coefficient (Wildman–Crippen LogP) is 3.34. The van der Waals surface area contributed by atoms with E-state index in [0.29, 0.717) is 11.2 Å². The van der Waals surface area contributed by atoms with Crippen LogP contribution in [0.25, 0.3) is 0 Å². The topological polar surface area (TPSA) is 65.3 Å². The fourth-order valence-electron chi connectivity index (χ4n) is 2.28. The van der Waals surface area contributed by atoms with Gasteiger partial charge in [0.05, 0.1) is 11.0 Å². The Balaban J connectivity index is 2.04. The number of nitrogens with zero attached hydrogens (tertiary/aromatic N) is 2. The Bertz CT molecular complexity index is 436. The highest BCUT2D eigenvalue weighted by Gasteiger charge is 2.29. The van der Waals surface area contributed by atoms with Crippen molar-refractivity contribution >= 4 is 5.69 Å². The molecule has 0 amide bonds. The highest BCUT2D eigenvalue weighted by atomic mass is 16.6. The summed E-state index contributed by atoms with van der Waals surface area (Å²) in [5.41, 5.74) is 0.312. The number of hydrogen-bond acceptors (Lipinski definition) is 4. The van der Waals surface area contributed by atoms with Crippen LogP contribution < -0.4 is 4.74 Å². The van der Waals surface area contributed by atoms with E-state index in [4.69, 9.17) is 4.74 Å². The van der Waals surface area contributed by atoms with Gasteiger partial charge in [-0.1, -0.05) is 13.8 Å². The third kappa shape index (κ3) is 2.97. The normalized spacial score (nSPS) is 19.4. The molecule has 0 aliphatic heterocycles. The first-order valence-electron chi connectivity index (χ1n) is 6.23. The molecule has 0 aromatic carbocycles. The molecular weight excluding hydrogens is 232 g/mol. The summed E-state index contributed by atoms with van der Waals surface area (Å²) in [6.45, 7) is 4.50. The number of nitro groups is 1. The lowest BCUT2D eigenvalue weighted by Gasteiger charge is -2.34. The van der Waals surface area contributed by atoms with Gasteiger partial charge < -0.3 is 4.74 Å². The molecule has 0 spiro atoms. The van der Waals surface area contributed by atoms with Crippen molar-refractivity contribution in [2.75, 3.05) is 0 Å². The number of pyridine rings is 1. The molecule has 1 aromatic heterocycles. The molecule has 0 radical (unpaired) electrons. The third-order valence-electron chi connectivity index (χ3n) is 3.54. The number of ether oxygens (including phenoxy) is 1. The van der Waals surface area contributed by atoms with E-state index in [1.807, 2.05) is 0 Å². The summed E-state index contributed by atoms with van der Waals surface area (Å²) in [6.07, 6.45) is 6.93. The molecule has 1 aromatic rings. The highest BCUT2D eigenvalue weighted by molar-refractivity contribution is 5.43. The Labute approximate surface area is 106 Å². The van der Waals surface area contributed by atoms with Crippen LogP contribution in [0.3, 0.4) is 0 Å².